The quantitative estimate of drug-likeness (QED) is 0.838. The van der Waals surface area contributed by atoms with Gasteiger partial charge in [-0.1, -0.05) is 11.6 Å². The number of carboxylic acids is 1. The number of aliphatic carboxylic acids is 1. The topological polar surface area (TPSA) is 58.6 Å². The first-order valence-corrected chi connectivity index (χ1v) is 5.41. The molecule has 2 rings (SSSR count). The highest BCUT2D eigenvalue weighted by Crippen LogP contribution is 2.32. The van der Waals surface area contributed by atoms with Crippen molar-refractivity contribution in [2.45, 2.75) is 13.0 Å². The molecule has 4 nitrogen and oxygen atoms in total. The predicted molar refractivity (Wildman–Crippen MR) is 60.0 cm³/mol. The molecule has 2 N–H and O–H groups in total. The fraction of sp³-hybridized carbons (Fsp3) is 0.364. The van der Waals surface area contributed by atoms with E-state index in [2.05, 4.69) is 5.32 Å². The molecule has 0 aromatic heterocycles. The first-order chi connectivity index (χ1) is 7.66. The van der Waals surface area contributed by atoms with Gasteiger partial charge in [0.25, 0.3) is 0 Å². The molecule has 0 radical (unpaired) electrons. The molecule has 86 valence electrons. The van der Waals surface area contributed by atoms with E-state index in [1.165, 1.54) is 0 Å². The fourth-order valence-corrected chi connectivity index (χ4v) is 2.04. The van der Waals surface area contributed by atoms with Gasteiger partial charge in [-0.25, -0.2) is 0 Å². The Kier molecular flexibility index (Phi) is 3.31. The Balaban J connectivity index is 2.11. The van der Waals surface area contributed by atoms with Crippen LogP contribution in [0.25, 0.3) is 0 Å². The second-order valence-corrected chi connectivity index (χ2v) is 4.09. The Hall–Kier alpha value is -1.26. The van der Waals surface area contributed by atoms with Crippen LogP contribution in [0.3, 0.4) is 0 Å². The zero-order chi connectivity index (χ0) is 11.5. The molecular weight excluding hydrogens is 230 g/mol. The molecule has 5 heteroatoms. The highest BCUT2D eigenvalue weighted by atomic mass is 35.5. The number of carbonyl (C=O) groups is 1. The average molecular weight is 242 g/mol. The van der Waals surface area contributed by atoms with Crippen molar-refractivity contribution in [3.8, 4) is 5.75 Å². The minimum atomic E-state index is -0.875. The van der Waals surface area contributed by atoms with E-state index in [0.717, 1.165) is 23.3 Å². The van der Waals surface area contributed by atoms with E-state index in [9.17, 15) is 4.79 Å². The first-order valence-electron chi connectivity index (χ1n) is 5.03. The summed E-state index contributed by atoms with van der Waals surface area (Å²) in [5.74, 6) is -0.0260. The van der Waals surface area contributed by atoms with Crippen LogP contribution >= 0.6 is 11.6 Å². The number of hydrogen-bond donors (Lipinski definition) is 2. The maximum atomic E-state index is 10.4. The largest absolute Gasteiger partial charge is 0.493 e. The number of nitrogens with one attached hydrogen (secondary N) is 1. The van der Waals surface area contributed by atoms with Crippen molar-refractivity contribution < 1.29 is 14.6 Å². The third-order valence-corrected chi connectivity index (χ3v) is 2.64. The number of benzene rings is 1. The molecule has 0 saturated carbocycles. The summed E-state index contributed by atoms with van der Waals surface area (Å²) in [4.78, 5) is 10.4. The molecule has 0 unspecified atom stereocenters. The van der Waals surface area contributed by atoms with Crippen molar-refractivity contribution in [2.24, 2.45) is 0 Å². The number of ether oxygens (including phenoxy) is 1. The molecule has 0 amide bonds. The van der Waals surface area contributed by atoms with Crippen LogP contribution in [0.5, 0.6) is 5.75 Å². The summed E-state index contributed by atoms with van der Waals surface area (Å²) in [7, 11) is 0. The minimum Gasteiger partial charge on any atom is -0.493 e. The zero-order valence-electron chi connectivity index (χ0n) is 8.62. The van der Waals surface area contributed by atoms with Crippen molar-refractivity contribution in [3.05, 3.63) is 28.3 Å². The van der Waals surface area contributed by atoms with E-state index in [4.69, 9.17) is 21.4 Å². The van der Waals surface area contributed by atoms with Gasteiger partial charge in [-0.3, -0.25) is 4.79 Å². The molecule has 0 atom stereocenters. The second-order valence-electron chi connectivity index (χ2n) is 3.65. The van der Waals surface area contributed by atoms with Crippen molar-refractivity contribution in [1.29, 1.82) is 0 Å². The van der Waals surface area contributed by atoms with Gasteiger partial charge < -0.3 is 15.2 Å². The first kappa shape index (κ1) is 11.2. The molecule has 0 fully saturated rings. The van der Waals surface area contributed by atoms with Crippen LogP contribution in [0.4, 0.5) is 0 Å². The molecule has 1 aliphatic heterocycles. The lowest BCUT2D eigenvalue weighted by molar-refractivity contribution is -0.135. The van der Waals surface area contributed by atoms with Crippen molar-refractivity contribution in [1.82, 2.24) is 5.32 Å². The maximum absolute atomic E-state index is 10.4. The van der Waals surface area contributed by atoms with E-state index < -0.39 is 5.97 Å². The molecule has 16 heavy (non-hydrogen) atoms. The monoisotopic (exact) mass is 241 g/mol. The average Bonchev–Trinajstić information content (AvgIpc) is 2.64. The van der Waals surface area contributed by atoms with Crippen LogP contribution in [0.15, 0.2) is 12.1 Å². The number of carboxylic acid groups (broad SMARTS) is 1. The highest BCUT2D eigenvalue weighted by molar-refractivity contribution is 6.30. The summed E-state index contributed by atoms with van der Waals surface area (Å²) in [6, 6.07) is 3.70. The number of fused-ring (bicyclic) bond motifs is 1. The Morgan fingerprint density at radius 1 is 1.56 bits per heavy atom. The third kappa shape index (κ3) is 2.46. The minimum absolute atomic E-state index is 0.0682. The molecule has 1 aliphatic rings. The highest BCUT2D eigenvalue weighted by Gasteiger charge is 2.17. The smallest absolute Gasteiger partial charge is 0.317 e. The van der Waals surface area contributed by atoms with Gasteiger partial charge in [0.05, 0.1) is 13.2 Å². The number of hydrogen-bond acceptors (Lipinski definition) is 3. The van der Waals surface area contributed by atoms with Gasteiger partial charge >= 0.3 is 5.97 Å². The molecule has 0 saturated heterocycles. The van der Waals surface area contributed by atoms with Crippen LogP contribution in [-0.4, -0.2) is 24.2 Å². The van der Waals surface area contributed by atoms with E-state index in [1.54, 1.807) is 6.07 Å². The molecule has 0 bridgehead atoms. The van der Waals surface area contributed by atoms with Gasteiger partial charge in [-0.15, -0.1) is 0 Å². The normalized spacial score (nSPS) is 13.3. The van der Waals surface area contributed by atoms with Gasteiger partial charge in [0.15, 0.2) is 0 Å². The van der Waals surface area contributed by atoms with Gasteiger partial charge in [-0.2, -0.15) is 0 Å². The van der Waals surface area contributed by atoms with Gasteiger partial charge in [0.1, 0.15) is 5.75 Å². The molecule has 1 aromatic rings. The lowest BCUT2D eigenvalue weighted by atomic mass is 10.1. The molecule has 0 aliphatic carbocycles. The van der Waals surface area contributed by atoms with Crippen molar-refractivity contribution in [2.75, 3.05) is 13.2 Å². The van der Waals surface area contributed by atoms with Crippen LogP contribution in [0.2, 0.25) is 5.02 Å². The Bertz CT molecular complexity index is 420. The van der Waals surface area contributed by atoms with E-state index in [1.807, 2.05) is 6.07 Å². The summed E-state index contributed by atoms with van der Waals surface area (Å²) in [6.45, 7) is 1.05. The SMILES string of the molecule is O=C(O)CNCc1cc(Cl)cc2c1OCC2. The second kappa shape index (κ2) is 4.72. The maximum Gasteiger partial charge on any atom is 0.317 e. The van der Waals surface area contributed by atoms with E-state index >= 15 is 0 Å². The van der Waals surface area contributed by atoms with E-state index in [-0.39, 0.29) is 6.54 Å². The number of halogens is 1. The lowest BCUT2D eigenvalue weighted by Gasteiger charge is -2.09. The molecular formula is C11H12ClNO3. The van der Waals surface area contributed by atoms with Crippen LogP contribution in [-0.2, 0) is 17.8 Å². The summed E-state index contributed by atoms with van der Waals surface area (Å²) in [5.41, 5.74) is 2.01. The lowest BCUT2D eigenvalue weighted by Crippen LogP contribution is -2.22. The standard InChI is InChI=1S/C11H12ClNO3/c12-9-3-7-1-2-16-11(7)8(4-9)5-13-6-10(14)15/h3-4,13H,1-2,5-6H2,(H,14,15). The van der Waals surface area contributed by atoms with Gasteiger partial charge in [-0.05, 0) is 17.7 Å². The third-order valence-electron chi connectivity index (χ3n) is 2.42. The summed E-state index contributed by atoms with van der Waals surface area (Å²) < 4.78 is 5.50. The van der Waals surface area contributed by atoms with Crippen LogP contribution in [0, 0.1) is 0 Å². The Labute approximate surface area is 98.2 Å². The predicted octanol–water partition coefficient (Wildman–Crippen LogP) is 1.45. The van der Waals surface area contributed by atoms with Gasteiger partial charge in [0.2, 0.25) is 0 Å². The number of rotatable bonds is 4. The summed E-state index contributed by atoms with van der Waals surface area (Å²) in [6.07, 6.45) is 0.863. The molecule has 0 spiro atoms. The van der Waals surface area contributed by atoms with Crippen LogP contribution in [0.1, 0.15) is 11.1 Å². The molecule has 1 heterocycles. The van der Waals surface area contributed by atoms with E-state index in [0.29, 0.717) is 18.2 Å². The van der Waals surface area contributed by atoms with Crippen molar-refractivity contribution in [3.63, 3.8) is 0 Å². The Morgan fingerprint density at radius 2 is 2.38 bits per heavy atom. The van der Waals surface area contributed by atoms with Gasteiger partial charge in [0, 0.05) is 23.6 Å². The zero-order valence-corrected chi connectivity index (χ0v) is 9.38. The summed E-state index contributed by atoms with van der Waals surface area (Å²) in [5, 5.41) is 12.0. The summed E-state index contributed by atoms with van der Waals surface area (Å²) >= 11 is 5.97. The Morgan fingerprint density at radius 3 is 3.12 bits per heavy atom. The van der Waals surface area contributed by atoms with Crippen LogP contribution < -0.4 is 10.1 Å². The fourth-order valence-electron chi connectivity index (χ4n) is 1.78. The van der Waals surface area contributed by atoms with Crippen molar-refractivity contribution >= 4 is 17.6 Å². The molecule has 1 aromatic carbocycles.